The van der Waals surface area contributed by atoms with Crippen molar-refractivity contribution in [2.24, 2.45) is 0 Å². The summed E-state index contributed by atoms with van der Waals surface area (Å²) < 4.78 is 5.28. The Morgan fingerprint density at radius 1 is 1.41 bits per heavy atom. The molecule has 0 saturated heterocycles. The highest BCUT2D eigenvalue weighted by Crippen LogP contribution is 2.36. The fourth-order valence-corrected chi connectivity index (χ4v) is 1.96. The first-order chi connectivity index (χ1) is 7.92. The van der Waals surface area contributed by atoms with E-state index in [2.05, 4.69) is 0 Å². The van der Waals surface area contributed by atoms with E-state index in [0.717, 1.165) is 5.56 Å². The largest absolute Gasteiger partial charge is 0.496 e. The molecule has 1 aromatic rings. The fraction of sp³-hybridized carbons (Fsp3) is 0.462. The minimum atomic E-state index is -0.855. The molecular weight excluding hydrogens is 220 g/mol. The molecule has 1 rings (SSSR count). The van der Waals surface area contributed by atoms with Crippen molar-refractivity contribution >= 4 is 5.97 Å². The summed E-state index contributed by atoms with van der Waals surface area (Å²) in [7, 11) is 1.52. The molecule has 0 aliphatic heterocycles. The van der Waals surface area contributed by atoms with Crippen molar-refractivity contribution in [3.8, 4) is 5.75 Å². The molecule has 94 valence electrons. The number of aliphatic carboxylic acids is 1. The van der Waals surface area contributed by atoms with Gasteiger partial charge >= 0.3 is 5.97 Å². The first kappa shape index (κ1) is 13.5. The van der Waals surface area contributed by atoms with Crippen molar-refractivity contribution < 1.29 is 19.7 Å². The smallest absolute Gasteiger partial charge is 0.304 e. The lowest BCUT2D eigenvalue weighted by Gasteiger charge is -2.26. The van der Waals surface area contributed by atoms with E-state index in [1.807, 2.05) is 19.9 Å². The van der Waals surface area contributed by atoms with E-state index < -0.39 is 11.4 Å². The van der Waals surface area contributed by atoms with E-state index in [-0.39, 0.29) is 13.0 Å². The molecule has 0 fully saturated rings. The van der Waals surface area contributed by atoms with Gasteiger partial charge in [-0.1, -0.05) is 32.0 Å². The number of aliphatic hydroxyl groups excluding tert-OH is 1. The van der Waals surface area contributed by atoms with Crippen LogP contribution >= 0.6 is 0 Å². The lowest BCUT2D eigenvalue weighted by molar-refractivity contribution is -0.138. The maximum Gasteiger partial charge on any atom is 0.304 e. The molecule has 0 bridgehead atoms. The summed E-state index contributed by atoms with van der Waals surface area (Å²) in [5.41, 5.74) is 0.930. The van der Waals surface area contributed by atoms with Crippen LogP contribution in [0.25, 0.3) is 0 Å². The lowest BCUT2D eigenvalue weighted by Crippen LogP contribution is -2.22. The maximum absolute atomic E-state index is 10.9. The van der Waals surface area contributed by atoms with Crippen molar-refractivity contribution in [1.82, 2.24) is 0 Å². The minimum absolute atomic E-state index is 0.0121. The van der Waals surface area contributed by atoms with Gasteiger partial charge in [0, 0.05) is 16.5 Å². The van der Waals surface area contributed by atoms with Crippen LogP contribution in [0.3, 0.4) is 0 Å². The molecule has 0 aromatic heterocycles. The third-order valence-corrected chi connectivity index (χ3v) is 2.79. The molecule has 0 aliphatic carbocycles. The molecule has 1 aromatic carbocycles. The Morgan fingerprint density at radius 2 is 2.06 bits per heavy atom. The van der Waals surface area contributed by atoms with Gasteiger partial charge in [0.05, 0.1) is 20.1 Å². The van der Waals surface area contributed by atoms with Gasteiger partial charge < -0.3 is 14.9 Å². The number of hydrogen-bond donors (Lipinski definition) is 2. The summed E-state index contributed by atoms with van der Waals surface area (Å²) in [6, 6.07) is 5.40. The Labute approximate surface area is 101 Å². The van der Waals surface area contributed by atoms with Crippen molar-refractivity contribution in [3.63, 3.8) is 0 Å². The molecule has 0 saturated carbocycles. The van der Waals surface area contributed by atoms with Crippen LogP contribution in [0.2, 0.25) is 0 Å². The van der Waals surface area contributed by atoms with E-state index in [1.54, 1.807) is 12.1 Å². The second-order valence-electron chi connectivity index (χ2n) is 4.61. The number of aliphatic hydroxyl groups is 1. The monoisotopic (exact) mass is 238 g/mol. The molecule has 0 amide bonds. The van der Waals surface area contributed by atoms with Crippen LogP contribution in [-0.2, 0) is 16.8 Å². The van der Waals surface area contributed by atoms with Gasteiger partial charge in [0.15, 0.2) is 0 Å². The lowest BCUT2D eigenvalue weighted by atomic mass is 9.80. The Balaban J connectivity index is 3.25. The van der Waals surface area contributed by atoms with E-state index in [4.69, 9.17) is 9.84 Å². The number of para-hydroxylation sites is 1. The summed E-state index contributed by atoms with van der Waals surface area (Å²) in [5, 5.41) is 18.1. The minimum Gasteiger partial charge on any atom is -0.496 e. The van der Waals surface area contributed by atoms with Crippen molar-refractivity contribution in [2.45, 2.75) is 32.3 Å². The summed E-state index contributed by atoms with van der Waals surface area (Å²) in [6.07, 6.45) is 0.0121. The number of carboxylic acids is 1. The average Bonchev–Trinajstić information content (AvgIpc) is 2.26. The van der Waals surface area contributed by atoms with Crippen LogP contribution in [-0.4, -0.2) is 23.3 Å². The third kappa shape index (κ3) is 2.97. The highest BCUT2D eigenvalue weighted by Gasteiger charge is 2.28. The summed E-state index contributed by atoms with van der Waals surface area (Å²) in [6.45, 7) is 3.57. The van der Waals surface area contributed by atoms with E-state index in [0.29, 0.717) is 11.3 Å². The number of carbonyl (C=O) groups is 1. The highest BCUT2D eigenvalue weighted by atomic mass is 16.5. The van der Waals surface area contributed by atoms with Crippen LogP contribution in [0.15, 0.2) is 18.2 Å². The molecule has 0 atom stereocenters. The summed E-state index contributed by atoms with van der Waals surface area (Å²) >= 11 is 0. The standard InChI is InChI=1S/C13H18O4/c1-13(2,7-11(15)16)10-6-4-5-9(8-14)12(10)17-3/h4-6,14H,7-8H2,1-3H3,(H,15,16). The van der Waals surface area contributed by atoms with Crippen LogP contribution in [0.4, 0.5) is 0 Å². The normalized spacial score (nSPS) is 11.3. The first-order valence-electron chi connectivity index (χ1n) is 5.41. The molecule has 2 N–H and O–H groups in total. The van der Waals surface area contributed by atoms with Gasteiger partial charge in [-0.2, -0.15) is 0 Å². The molecule has 4 nitrogen and oxygen atoms in total. The summed E-state index contributed by atoms with van der Waals surface area (Å²) in [4.78, 5) is 10.9. The van der Waals surface area contributed by atoms with Crippen LogP contribution in [0.1, 0.15) is 31.4 Å². The van der Waals surface area contributed by atoms with E-state index in [1.165, 1.54) is 7.11 Å². The molecule has 4 heteroatoms. The molecule has 0 heterocycles. The topological polar surface area (TPSA) is 66.8 Å². The third-order valence-electron chi connectivity index (χ3n) is 2.79. The van der Waals surface area contributed by atoms with Crippen molar-refractivity contribution in [3.05, 3.63) is 29.3 Å². The number of hydrogen-bond acceptors (Lipinski definition) is 3. The van der Waals surface area contributed by atoms with Gasteiger partial charge in [-0.25, -0.2) is 0 Å². The Morgan fingerprint density at radius 3 is 2.53 bits per heavy atom. The van der Waals surface area contributed by atoms with Crippen LogP contribution in [0.5, 0.6) is 5.75 Å². The second-order valence-corrected chi connectivity index (χ2v) is 4.61. The summed E-state index contributed by atoms with van der Waals surface area (Å²) in [5.74, 6) is -0.285. The number of methoxy groups -OCH3 is 1. The van der Waals surface area contributed by atoms with E-state index in [9.17, 15) is 9.90 Å². The molecule has 0 spiro atoms. The van der Waals surface area contributed by atoms with Crippen molar-refractivity contribution in [1.29, 1.82) is 0 Å². The zero-order chi connectivity index (χ0) is 13.1. The zero-order valence-electron chi connectivity index (χ0n) is 10.4. The Kier molecular flexibility index (Phi) is 4.12. The molecule has 17 heavy (non-hydrogen) atoms. The molecule has 0 radical (unpaired) electrons. The quantitative estimate of drug-likeness (QED) is 0.822. The van der Waals surface area contributed by atoms with Gasteiger partial charge in [-0.15, -0.1) is 0 Å². The van der Waals surface area contributed by atoms with E-state index >= 15 is 0 Å². The number of carboxylic acid groups (broad SMARTS) is 1. The highest BCUT2D eigenvalue weighted by molar-refractivity contribution is 5.69. The van der Waals surface area contributed by atoms with Gasteiger partial charge in [0.2, 0.25) is 0 Å². The molecule has 0 aliphatic rings. The maximum atomic E-state index is 10.9. The number of ether oxygens (including phenoxy) is 1. The fourth-order valence-electron chi connectivity index (χ4n) is 1.96. The van der Waals surface area contributed by atoms with Gasteiger partial charge in [-0.05, 0) is 0 Å². The van der Waals surface area contributed by atoms with Crippen LogP contribution < -0.4 is 4.74 Å². The zero-order valence-corrected chi connectivity index (χ0v) is 10.4. The SMILES string of the molecule is COc1c(CO)cccc1C(C)(C)CC(=O)O. The predicted molar refractivity (Wildman–Crippen MR) is 64.2 cm³/mol. The second kappa shape index (κ2) is 5.19. The average molecular weight is 238 g/mol. The number of benzene rings is 1. The first-order valence-corrected chi connectivity index (χ1v) is 5.41. The predicted octanol–water partition coefficient (Wildman–Crippen LogP) is 1.94. The molecule has 0 unspecified atom stereocenters. The van der Waals surface area contributed by atoms with Gasteiger partial charge in [0.25, 0.3) is 0 Å². The Bertz CT molecular complexity index is 410. The Hall–Kier alpha value is -1.55. The van der Waals surface area contributed by atoms with Gasteiger partial charge in [-0.3, -0.25) is 4.79 Å². The van der Waals surface area contributed by atoms with Gasteiger partial charge in [0.1, 0.15) is 5.75 Å². The number of rotatable bonds is 5. The van der Waals surface area contributed by atoms with Crippen molar-refractivity contribution in [2.75, 3.05) is 7.11 Å². The van der Waals surface area contributed by atoms with Crippen LogP contribution in [0, 0.1) is 0 Å². The molecular formula is C13H18O4.